The van der Waals surface area contributed by atoms with Gasteiger partial charge in [-0.1, -0.05) is 12.8 Å². The van der Waals surface area contributed by atoms with E-state index in [-0.39, 0.29) is 5.91 Å². The topological polar surface area (TPSA) is 49.3 Å². The summed E-state index contributed by atoms with van der Waals surface area (Å²) < 4.78 is 0. The van der Waals surface area contributed by atoms with Gasteiger partial charge in [-0.2, -0.15) is 0 Å². The Labute approximate surface area is 108 Å². The second-order valence-electron chi connectivity index (χ2n) is 7.16. The minimum atomic E-state index is -0.599. The van der Waals surface area contributed by atoms with Crippen molar-refractivity contribution in [1.29, 1.82) is 0 Å². The highest BCUT2D eigenvalue weighted by atomic mass is 16.3. The molecule has 0 spiro atoms. The zero-order chi connectivity index (χ0) is 12.3. The van der Waals surface area contributed by atoms with Gasteiger partial charge in [0, 0.05) is 12.5 Å². The molecule has 1 amide bonds. The summed E-state index contributed by atoms with van der Waals surface area (Å²) in [5, 5.41) is 13.3. The number of carbonyl (C=O) groups excluding carboxylic acids is 1. The van der Waals surface area contributed by atoms with Gasteiger partial charge in [-0.25, -0.2) is 0 Å². The Balaban J connectivity index is 1.33. The van der Waals surface area contributed by atoms with Gasteiger partial charge in [-0.15, -0.1) is 0 Å². The van der Waals surface area contributed by atoms with E-state index in [1.54, 1.807) is 0 Å². The molecule has 2 N–H and O–H groups in total. The van der Waals surface area contributed by atoms with Crippen molar-refractivity contribution in [1.82, 2.24) is 5.32 Å². The third-order valence-electron chi connectivity index (χ3n) is 6.16. The van der Waals surface area contributed by atoms with E-state index in [0.717, 1.165) is 37.5 Å². The van der Waals surface area contributed by atoms with Crippen LogP contribution < -0.4 is 5.32 Å². The predicted octanol–water partition coefficient (Wildman–Crippen LogP) is 1.70. The van der Waals surface area contributed by atoms with Crippen LogP contribution in [0.25, 0.3) is 0 Å². The molecule has 4 saturated carbocycles. The maximum absolute atomic E-state index is 12.2. The minimum absolute atomic E-state index is 0.238. The third-order valence-corrected chi connectivity index (χ3v) is 6.16. The van der Waals surface area contributed by atoms with Crippen molar-refractivity contribution in [2.45, 2.75) is 50.5 Å². The molecule has 0 aromatic rings. The highest BCUT2D eigenvalue weighted by molar-refractivity contribution is 5.82. The van der Waals surface area contributed by atoms with E-state index in [2.05, 4.69) is 5.32 Å². The summed E-state index contributed by atoms with van der Waals surface area (Å²) in [4.78, 5) is 12.2. The highest BCUT2D eigenvalue weighted by Crippen LogP contribution is 2.69. The van der Waals surface area contributed by atoms with Gasteiger partial charge in [0.2, 0.25) is 5.91 Å². The number of hydrogen-bond donors (Lipinski definition) is 2. The van der Waals surface area contributed by atoms with Gasteiger partial charge in [-0.05, 0) is 55.8 Å². The summed E-state index contributed by atoms with van der Waals surface area (Å²) in [6, 6.07) is 0. The Morgan fingerprint density at radius 3 is 2.39 bits per heavy atom. The molecule has 4 unspecified atom stereocenters. The smallest absolute Gasteiger partial charge is 0.223 e. The summed E-state index contributed by atoms with van der Waals surface area (Å²) >= 11 is 0. The number of hydrogen-bond acceptors (Lipinski definition) is 2. The van der Waals surface area contributed by atoms with Gasteiger partial charge in [0.15, 0.2) is 0 Å². The molecule has 4 aliphatic rings. The SMILES string of the molecule is O=C(NCC1(O)CCCC1)C1C2C3CCC(C3)C12. The summed E-state index contributed by atoms with van der Waals surface area (Å²) in [6.45, 7) is 0.483. The lowest BCUT2D eigenvalue weighted by atomic mass is 10.0. The van der Waals surface area contributed by atoms with Crippen molar-refractivity contribution in [2.24, 2.45) is 29.6 Å². The number of aliphatic hydroxyl groups is 1. The first-order chi connectivity index (χ1) is 8.68. The van der Waals surface area contributed by atoms with Crippen LogP contribution in [-0.4, -0.2) is 23.2 Å². The van der Waals surface area contributed by atoms with E-state index in [9.17, 15) is 9.90 Å². The number of rotatable bonds is 3. The van der Waals surface area contributed by atoms with Crippen molar-refractivity contribution in [3.8, 4) is 0 Å². The predicted molar refractivity (Wildman–Crippen MR) is 67.7 cm³/mol. The van der Waals surface area contributed by atoms with Crippen LogP contribution in [0.1, 0.15) is 44.9 Å². The van der Waals surface area contributed by atoms with E-state index in [1.807, 2.05) is 0 Å². The first kappa shape index (κ1) is 11.3. The maximum Gasteiger partial charge on any atom is 0.223 e. The van der Waals surface area contributed by atoms with Gasteiger partial charge in [0.25, 0.3) is 0 Å². The molecule has 0 aromatic heterocycles. The van der Waals surface area contributed by atoms with Crippen molar-refractivity contribution >= 4 is 5.91 Å². The Kier molecular flexibility index (Phi) is 2.33. The standard InChI is InChI=1S/C15H23NO2/c17-14(16-8-15(18)5-1-2-6-15)13-11-9-3-4-10(7-9)12(11)13/h9-13,18H,1-8H2,(H,16,17). The van der Waals surface area contributed by atoms with Crippen molar-refractivity contribution in [2.75, 3.05) is 6.54 Å². The fourth-order valence-electron chi connectivity index (χ4n) is 5.25. The second kappa shape index (κ2) is 3.72. The Morgan fingerprint density at radius 1 is 1.17 bits per heavy atom. The van der Waals surface area contributed by atoms with Crippen molar-refractivity contribution in [3.63, 3.8) is 0 Å². The molecular formula is C15H23NO2. The molecule has 2 bridgehead atoms. The van der Waals surface area contributed by atoms with Crippen molar-refractivity contribution in [3.05, 3.63) is 0 Å². The Hall–Kier alpha value is -0.570. The molecule has 3 heteroatoms. The van der Waals surface area contributed by atoms with Crippen LogP contribution in [0.15, 0.2) is 0 Å². The molecule has 3 nitrogen and oxygen atoms in total. The molecule has 0 heterocycles. The first-order valence-corrected chi connectivity index (χ1v) is 7.68. The van der Waals surface area contributed by atoms with Crippen LogP contribution in [0.3, 0.4) is 0 Å². The average molecular weight is 249 g/mol. The molecule has 100 valence electrons. The normalized spacial score (nSPS) is 47.1. The Morgan fingerprint density at radius 2 is 1.78 bits per heavy atom. The van der Waals surface area contributed by atoms with Crippen LogP contribution in [-0.2, 0) is 4.79 Å². The zero-order valence-electron chi connectivity index (χ0n) is 10.9. The van der Waals surface area contributed by atoms with Crippen LogP contribution in [0.2, 0.25) is 0 Å². The van der Waals surface area contributed by atoms with E-state index in [4.69, 9.17) is 0 Å². The van der Waals surface area contributed by atoms with Gasteiger partial charge in [-0.3, -0.25) is 4.79 Å². The molecular weight excluding hydrogens is 226 g/mol. The first-order valence-electron chi connectivity index (χ1n) is 7.68. The molecule has 0 radical (unpaired) electrons. The van der Waals surface area contributed by atoms with E-state index in [0.29, 0.717) is 24.3 Å². The lowest BCUT2D eigenvalue weighted by Gasteiger charge is -2.22. The van der Waals surface area contributed by atoms with Crippen LogP contribution in [0.4, 0.5) is 0 Å². The number of fused-ring (bicyclic) bond motifs is 5. The lowest BCUT2D eigenvalue weighted by molar-refractivity contribution is -0.124. The molecule has 0 saturated heterocycles. The molecule has 0 aromatic carbocycles. The van der Waals surface area contributed by atoms with Crippen molar-refractivity contribution < 1.29 is 9.90 Å². The van der Waals surface area contributed by atoms with E-state index < -0.39 is 5.60 Å². The maximum atomic E-state index is 12.2. The number of amides is 1. The minimum Gasteiger partial charge on any atom is -0.388 e. The second-order valence-corrected chi connectivity index (χ2v) is 7.16. The van der Waals surface area contributed by atoms with Gasteiger partial charge in [0.05, 0.1) is 5.60 Å². The number of nitrogens with one attached hydrogen (secondary N) is 1. The third kappa shape index (κ3) is 1.56. The largest absolute Gasteiger partial charge is 0.388 e. The summed E-state index contributed by atoms with van der Waals surface area (Å²) in [5.74, 6) is 3.67. The van der Waals surface area contributed by atoms with Gasteiger partial charge < -0.3 is 10.4 Å². The van der Waals surface area contributed by atoms with Gasteiger partial charge in [0.1, 0.15) is 0 Å². The zero-order valence-corrected chi connectivity index (χ0v) is 10.9. The van der Waals surface area contributed by atoms with Crippen LogP contribution >= 0.6 is 0 Å². The molecule has 4 atom stereocenters. The molecule has 4 fully saturated rings. The van der Waals surface area contributed by atoms with Gasteiger partial charge >= 0.3 is 0 Å². The quantitative estimate of drug-likeness (QED) is 0.800. The highest BCUT2D eigenvalue weighted by Gasteiger charge is 2.67. The average Bonchev–Trinajstić information content (AvgIpc) is 2.72. The fourth-order valence-corrected chi connectivity index (χ4v) is 5.25. The van der Waals surface area contributed by atoms with E-state index in [1.165, 1.54) is 19.3 Å². The monoisotopic (exact) mass is 249 g/mol. The lowest BCUT2D eigenvalue weighted by Crippen LogP contribution is -2.42. The number of carbonyl (C=O) groups is 1. The molecule has 18 heavy (non-hydrogen) atoms. The molecule has 4 aliphatic carbocycles. The fraction of sp³-hybridized carbons (Fsp3) is 0.933. The van der Waals surface area contributed by atoms with E-state index >= 15 is 0 Å². The molecule has 0 aliphatic heterocycles. The summed E-state index contributed by atoms with van der Waals surface area (Å²) in [7, 11) is 0. The Bertz CT molecular complexity index is 359. The molecule has 4 rings (SSSR count). The van der Waals surface area contributed by atoms with Crippen LogP contribution in [0, 0.1) is 29.6 Å². The van der Waals surface area contributed by atoms with Crippen LogP contribution in [0.5, 0.6) is 0 Å². The summed E-state index contributed by atoms with van der Waals surface area (Å²) in [6.07, 6.45) is 8.03. The summed E-state index contributed by atoms with van der Waals surface area (Å²) in [5.41, 5.74) is -0.599.